The van der Waals surface area contributed by atoms with Crippen LogP contribution in [0.15, 0.2) is 54.6 Å². The zero-order valence-electron chi connectivity index (χ0n) is 14.8. The summed E-state index contributed by atoms with van der Waals surface area (Å²) in [5.74, 6) is 0.124. The van der Waals surface area contributed by atoms with Crippen LogP contribution in [0.4, 0.5) is 0 Å². The van der Waals surface area contributed by atoms with Crippen LogP contribution in [0.3, 0.4) is 0 Å². The Hall–Kier alpha value is -2.13. The minimum absolute atomic E-state index is 0.00484. The highest BCUT2D eigenvalue weighted by molar-refractivity contribution is 5.87. The van der Waals surface area contributed by atoms with E-state index in [4.69, 9.17) is 0 Å². The zero-order chi connectivity index (χ0) is 17.6. The van der Waals surface area contributed by atoms with E-state index in [1.807, 2.05) is 75.4 Å². The molecule has 3 heteroatoms. The van der Waals surface area contributed by atoms with Crippen LogP contribution in [-0.2, 0) is 10.2 Å². The van der Waals surface area contributed by atoms with Crippen LogP contribution in [0.25, 0.3) is 0 Å². The number of nitrogens with one attached hydrogen (secondary N) is 1. The third-order valence-corrected chi connectivity index (χ3v) is 4.60. The molecule has 0 fully saturated rings. The van der Waals surface area contributed by atoms with Crippen molar-refractivity contribution < 1.29 is 9.90 Å². The third-order valence-electron chi connectivity index (χ3n) is 4.60. The maximum atomic E-state index is 12.7. The number of rotatable bonds is 7. The first-order valence-corrected chi connectivity index (χ1v) is 8.46. The van der Waals surface area contributed by atoms with E-state index in [1.54, 1.807) is 0 Å². The van der Waals surface area contributed by atoms with E-state index in [0.29, 0.717) is 13.0 Å². The lowest BCUT2D eigenvalue weighted by molar-refractivity contribution is -0.125. The smallest absolute Gasteiger partial charge is 0.230 e. The van der Waals surface area contributed by atoms with Gasteiger partial charge >= 0.3 is 0 Å². The molecule has 2 rings (SSSR count). The van der Waals surface area contributed by atoms with E-state index in [1.165, 1.54) is 5.56 Å². The Labute approximate surface area is 144 Å². The summed E-state index contributed by atoms with van der Waals surface area (Å²) in [6.45, 7) is 6.55. The summed E-state index contributed by atoms with van der Waals surface area (Å²) in [6.07, 6.45) is 0.634. The molecule has 0 aliphatic rings. The highest BCUT2D eigenvalue weighted by atomic mass is 16.3. The molecule has 0 aromatic heterocycles. The lowest BCUT2D eigenvalue weighted by Crippen LogP contribution is -2.41. The molecule has 0 heterocycles. The highest BCUT2D eigenvalue weighted by Gasteiger charge is 2.30. The van der Waals surface area contributed by atoms with Crippen molar-refractivity contribution in [3.05, 3.63) is 71.3 Å². The average Bonchev–Trinajstić information content (AvgIpc) is 2.59. The molecule has 2 N–H and O–H groups in total. The summed E-state index contributed by atoms with van der Waals surface area (Å²) in [5, 5.41) is 12.4. The molecule has 1 atom stereocenters. The van der Waals surface area contributed by atoms with E-state index in [-0.39, 0.29) is 18.4 Å². The van der Waals surface area contributed by atoms with Gasteiger partial charge in [-0.2, -0.15) is 0 Å². The number of carbonyl (C=O) groups is 1. The molecule has 3 nitrogen and oxygen atoms in total. The molecular weight excluding hydrogens is 298 g/mol. The van der Waals surface area contributed by atoms with Crippen molar-refractivity contribution in [2.24, 2.45) is 0 Å². The van der Waals surface area contributed by atoms with E-state index in [0.717, 1.165) is 11.1 Å². The van der Waals surface area contributed by atoms with Gasteiger partial charge in [-0.3, -0.25) is 4.79 Å². The highest BCUT2D eigenvalue weighted by Crippen LogP contribution is 2.25. The Morgan fingerprint density at radius 1 is 1.08 bits per heavy atom. The Morgan fingerprint density at radius 3 is 2.29 bits per heavy atom. The molecule has 2 aromatic carbocycles. The van der Waals surface area contributed by atoms with Crippen molar-refractivity contribution in [3.8, 4) is 0 Å². The second kappa shape index (κ2) is 8.11. The fraction of sp³-hybridized carbons (Fsp3) is 0.381. The maximum absolute atomic E-state index is 12.7. The van der Waals surface area contributed by atoms with Gasteiger partial charge in [0.05, 0.1) is 5.41 Å². The molecule has 0 radical (unpaired) electrons. The van der Waals surface area contributed by atoms with Crippen LogP contribution in [0.5, 0.6) is 0 Å². The topological polar surface area (TPSA) is 49.3 Å². The van der Waals surface area contributed by atoms with Gasteiger partial charge in [0.15, 0.2) is 0 Å². The molecule has 0 spiro atoms. The maximum Gasteiger partial charge on any atom is 0.230 e. The van der Waals surface area contributed by atoms with E-state index in [2.05, 4.69) is 5.32 Å². The van der Waals surface area contributed by atoms with E-state index in [9.17, 15) is 9.90 Å². The van der Waals surface area contributed by atoms with Gasteiger partial charge in [0, 0.05) is 19.1 Å². The first kappa shape index (κ1) is 18.2. The van der Waals surface area contributed by atoms with Crippen LogP contribution in [0.1, 0.15) is 42.9 Å². The fourth-order valence-corrected chi connectivity index (χ4v) is 2.81. The van der Waals surface area contributed by atoms with Crippen molar-refractivity contribution in [1.82, 2.24) is 5.32 Å². The summed E-state index contributed by atoms with van der Waals surface area (Å²) in [4.78, 5) is 12.7. The SMILES string of the molecule is Cc1ccc(C(C)(C)C(=O)NCC(CCO)c2ccccc2)cc1. The predicted molar refractivity (Wildman–Crippen MR) is 98.1 cm³/mol. The van der Waals surface area contributed by atoms with E-state index < -0.39 is 5.41 Å². The summed E-state index contributed by atoms with van der Waals surface area (Å²) < 4.78 is 0. The average molecular weight is 325 g/mol. The van der Waals surface area contributed by atoms with Gasteiger partial charge in [-0.1, -0.05) is 60.2 Å². The normalized spacial score (nSPS) is 12.7. The first-order chi connectivity index (χ1) is 11.4. The Morgan fingerprint density at radius 2 is 1.71 bits per heavy atom. The molecular formula is C21H27NO2. The van der Waals surface area contributed by atoms with Crippen LogP contribution in [0, 0.1) is 6.92 Å². The van der Waals surface area contributed by atoms with Gasteiger partial charge in [-0.05, 0) is 38.3 Å². The van der Waals surface area contributed by atoms with Crippen LogP contribution >= 0.6 is 0 Å². The Balaban J connectivity index is 2.05. The lowest BCUT2D eigenvalue weighted by atomic mass is 9.83. The van der Waals surface area contributed by atoms with Crippen molar-refractivity contribution >= 4 is 5.91 Å². The number of aliphatic hydroxyl groups is 1. The molecule has 0 aliphatic heterocycles. The van der Waals surface area contributed by atoms with E-state index >= 15 is 0 Å². The van der Waals surface area contributed by atoms with Crippen LogP contribution in [0.2, 0.25) is 0 Å². The van der Waals surface area contributed by atoms with Gasteiger partial charge < -0.3 is 10.4 Å². The minimum Gasteiger partial charge on any atom is -0.396 e. The molecule has 1 unspecified atom stereocenters. The number of aliphatic hydroxyl groups excluding tert-OH is 1. The van der Waals surface area contributed by atoms with Crippen molar-refractivity contribution in [3.63, 3.8) is 0 Å². The quantitative estimate of drug-likeness (QED) is 0.818. The van der Waals surface area contributed by atoms with Gasteiger partial charge in [0.2, 0.25) is 5.91 Å². The molecule has 24 heavy (non-hydrogen) atoms. The van der Waals surface area contributed by atoms with Gasteiger partial charge in [0.1, 0.15) is 0 Å². The van der Waals surface area contributed by atoms with Gasteiger partial charge in [-0.15, -0.1) is 0 Å². The largest absolute Gasteiger partial charge is 0.396 e. The predicted octanol–water partition coefficient (Wildman–Crippen LogP) is 3.56. The second-order valence-electron chi connectivity index (χ2n) is 6.82. The number of benzene rings is 2. The summed E-state index contributed by atoms with van der Waals surface area (Å²) in [7, 11) is 0. The third kappa shape index (κ3) is 4.45. The molecule has 2 aromatic rings. The number of carbonyl (C=O) groups excluding carboxylic acids is 1. The van der Waals surface area contributed by atoms with Crippen molar-refractivity contribution in [2.75, 3.05) is 13.2 Å². The Bertz CT molecular complexity index is 647. The molecule has 0 aliphatic carbocycles. The van der Waals surface area contributed by atoms with Crippen molar-refractivity contribution in [2.45, 2.75) is 38.5 Å². The minimum atomic E-state index is -0.589. The fourth-order valence-electron chi connectivity index (χ4n) is 2.81. The summed E-state index contributed by atoms with van der Waals surface area (Å²) >= 11 is 0. The number of hydrogen-bond donors (Lipinski definition) is 2. The standard InChI is InChI=1S/C21H27NO2/c1-16-9-11-19(12-10-16)21(2,3)20(24)22-15-18(13-14-23)17-7-5-4-6-8-17/h4-12,18,23H,13-15H2,1-3H3,(H,22,24). The zero-order valence-corrected chi connectivity index (χ0v) is 14.8. The van der Waals surface area contributed by atoms with Gasteiger partial charge in [0.25, 0.3) is 0 Å². The molecule has 0 saturated carbocycles. The summed E-state index contributed by atoms with van der Waals surface area (Å²) in [6, 6.07) is 18.1. The summed E-state index contributed by atoms with van der Waals surface area (Å²) in [5.41, 5.74) is 2.74. The molecule has 1 amide bonds. The number of amides is 1. The van der Waals surface area contributed by atoms with Gasteiger partial charge in [-0.25, -0.2) is 0 Å². The number of aryl methyl sites for hydroxylation is 1. The Kier molecular flexibility index (Phi) is 6.16. The van der Waals surface area contributed by atoms with Crippen LogP contribution < -0.4 is 5.32 Å². The molecule has 128 valence electrons. The first-order valence-electron chi connectivity index (χ1n) is 8.46. The molecule has 0 saturated heterocycles. The molecule has 0 bridgehead atoms. The van der Waals surface area contributed by atoms with Crippen LogP contribution in [-0.4, -0.2) is 24.2 Å². The second-order valence-corrected chi connectivity index (χ2v) is 6.82. The number of hydrogen-bond acceptors (Lipinski definition) is 2. The lowest BCUT2D eigenvalue weighted by Gasteiger charge is -2.26. The monoisotopic (exact) mass is 325 g/mol. The van der Waals surface area contributed by atoms with Crippen molar-refractivity contribution in [1.29, 1.82) is 0 Å².